The highest BCUT2D eigenvalue weighted by molar-refractivity contribution is 5.28. The molecule has 0 saturated heterocycles. The summed E-state index contributed by atoms with van der Waals surface area (Å²) in [6.45, 7) is 4.03. The van der Waals surface area contributed by atoms with E-state index >= 15 is 0 Å². The second-order valence-electron chi connectivity index (χ2n) is 4.71. The molecule has 1 unspecified atom stereocenters. The molecule has 2 rings (SSSR count). The van der Waals surface area contributed by atoms with Gasteiger partial charge in [0.05, 0.1) is 17.9 Å². The molecular weight excluding hydrogens is 246 g/mol. The highest BCUT2D eigenvalue weighted by Gasteiger charge is 2.16. The number of hydrogen-bond acceptors (Lipinski definition) is 2. The van der Waals surface area contributed by atoms with Gasteiger partial charge in [0, 0.05) is 6.04 Å². The lowest BCUT2D eigenvalue weighted by Gasteiger charge is -2.21. The lowest BCUT2D eigenvalue weighted by atomic mass is 10.0. The molecule has 1 N–H and O–H groups in total. The topological polar surface area (TPSA) is 24.9 Å². The van der Waals surface area contributed by atoms with E-state index in [-0.39, 0.29) is 23.7 Å². The summed E-state index contributed by atoms with van der Waals surface area (Å²) in [5.41, 5.74) is 1.61. The summed E-state index contributed by atoms with van der Waals surface area (Å²) in [7, 11) is 0. The quantitative estimate of drug-likeness (QED) is 0.913. The van der Waals surface area contributed by atoms with Crippen LogP contribution in [0, 0.1) is 11.6 Å². The second kappa shape index (κ2) is 5.89. The molecule has 0 radical (unpaired) electrons. The van der Waals surface area contributed by atoms with Gasteiger partial charge in [-0.2, -0.15) is 0 Å². The van der Waals surface area contributed by atoms with Crippen LogP contribution < -0.4 is 5.32 Å². The fourth-order valence-corrected chi connectivity index (χ4v) is 1.90. The summed E-state index contributed by atoms with van der Waals surface area (Å²) >= 11 is 0. The van der Waals surface area contributed by atoms with Crippen molar-refractivity contribution < 1.29 is 8.78 Å². The Labute approximate surface area is 111 Å². The third-order valence-corrected chi connectivity index (χ3v) is 2.75. The second-order valence-corrected chi connectivity index (χ2v) is 4.71. The van der Waals surface area contributed by atoms with Gasteiger partial charge in [-0.15, -0.1) is 0 Å². The van der Waals surface area contributed by atoms with E-state index in [0.29, 0.717) is 5.69 Å². The molecule has 0 saturated carbocycles. The minimum absolute atomic E-state index is 0.179. The van der Waals surface area contributed by atoms with Crippen molar-refractivity contribution in [3.05, 3.63) is 65.5 Å². The predicted octanol–water partition coefficient (Wildman–Crippen LogP) is 3.45. The average Bonchev–Trinajstić information content (AvgIpc) is 2.38. The van der Waals surface area contributed by atoms with Crippen LogP contribution >= 0.6 is 0 Å². The molecule has 0 spiro atoms. The maximum atomic E-state index is 13.0. The lowest BCUT2D eigenvalue weighted by molar-refractivity contribution is 0.516. The van der Waals surface area contributed by atoms with Gasteiger partial charge in [0.2, 0.25) is 0 Å². The molecule has 0 aliphatic carbocycles. The van der Waals surface area contributed by atoms with Crippen LogP contribution in [0.3, 0.4) is 0 Å². The zero-order valence-electron chi connectivity index (χ0n) is 10.9. The van der Waals surface area contributed by atoms with Crippen molar-refractivity contribution in [3.8, 4) is 0 Å². The van der Waals surface area contributed by atoms with Crippen LogP contribution in [0.1, 0.15) is 31.1 Å². The molecule has 0 aliphatic rings. The van der Waals surface area contributed by atoms with E-state index < -0.39 is 0 Å². The van der Waals surface area contributed by atoms with Crippen molar-refractivity contribution in [2.45, 2.75) is 25.9 Å². The van der Waals surface area contributed by atoms with Crippen molar-refractivity contribution >= 4 is 0 Å². The van der Waals surface area contributed by atoms with Gasteiger partial charge < -0.3 is 5.32 Å². The highest BCUT2D eigenvalue weighted by Crippen LogP contribution is 2.21. The summed E-state index contributed by atoms with van der Waals surface area (Å²) in [6.07, 6.45) is 1.19. The fourth-order valence-electron chi connectivity index (χ4n) is 1.90. The zero-order chi connectivity index (χ0) is 13.8. The Balaban J connectivity index is 2.35. The molecule has 100 valence electrons. The van der Waals surface area contributed by atoms with Crippen LogP contribution in [-0.4, -0.2) is 11.0 Å². The van der Waals surface area contributed by atoms with E-state index in [9.17, 15) is 8.78 Å². The largest absolute Gasteiger partial charge is 0.303 e. The van der Waals surface area contributed by atoms with E-state index in [1.807, 2.05) is 13.8 Å². The SMILES string of the molecule is CC(C)NC(c1ccc(F)cc1)c1ccc(F)cn1. The standard InChI is InChI=1S/C15H16F2N2/c1-10(2)19-15(11-3-5-12(16)6-4-11)14-8-7-13(17)9-18-14/h3-10,15,19H,1-2H3. The molecule has 0 aliphatic heterocycles. The summed E-state index contributed by atoms with van der Waals surface area (Å²) in [5, 5.41) is 3.34. The first-order valence-electron chi connectivity index (χ1n) is 6.19. The highest BCUT2D eigenvalue weighted by atomic mass is 19.1. The molecular formula is C15H16F2N2. The van der Waals surface area contributed by atoms with Gasteiger partial charge in [-0.05, 0) is 43.7 Å². The monoisotopic (exact) mass is 262 g/mol. The van der Waals surface area contributed by atoms with E-state index in [4.69, 9.17) is 0 Å². The third-order valence-electron chi connectivity index (χ3n) is 2.75. The number of halogens is 2. The summed E-state index contributed by atoms with van der Waals surface area (Å²) in [6, 6.07) is 9.30. The van der Waals surface area contributed by atoms with Crippen molar-refractivity contribution in [3.63, 3.8) is 0 Å². The Bertz CT molecular complexity index is 475. The molecule has 1 aromatic heterocycles. The third kappa shape index (κ3) is 3.58. The van der Waals surface area contributed by atoms with Gasteiger partial charge in [0.1, 0.15) is 11.6 Å². The van der Waals surface area contributed by atoms with E-state index in [0.717, 1.165) is 5.56 Å². The van der Waals surface area contributed by atoms with Gasteiger partial charge >= 0.3 is 0 Å². The predicted molar refractivity (Wildman–Crippen MR) is 70.7 cm³/mol. The Morgan fingerprint density at radius 1 is 0.947 bits per heavy atom. The van der Waals surface area contributed by atoms with Crippen LogP contribution in [-0.2, 0) is 0 Å². The number of benzene rings is 1. The first-order valence-corrected chi connectivity index (χ1v) is 6.19. The summed E-state index contributed by atoms with van der Waals surface area (Å²) in [5.74, 6) is -0.648. The van der Waals surface area contributed by atoms with Crippen LogP contribution in [0.2, 0.25) is 0 Å². The van der Waals surface area contributed by atoms with Crippen molar-refractivity contribution in [2.24, 2.45) is 0 Å². The van der Waals surface area contributed by atoms with Gasteiger partial charge in [-0.3, -0.25) is 4.98 Å². The zero-order valence-corrected chi connectivity index (χ0v) is 10.9. The number of nitrogens with zero attached hydrogens (tertiary/aromatic N) is 1. The Morgan fingerprint density at radius 2 is 1.58 bits per heavy atom. The molecule has 0 fully saturated rings. The van der Waals surface area contributed by atoms with Crippen molar-refractivity contribution in [1.29, 1.82) is 0 Å². The van der Waals surface area contributed by atoms with Crippen molar-refractivity contribution in [1.82, 2.24) is 10.3 Å². The minimum Gasteiger partial charge on any atom is -0.303 e. The lowest BCUT2D eigenvalue weighted by Crippen LogP contribution is -2.29. The van der Waals surface area contributed by atoms with Crippen molar-refractivity contribution in [2.75, 3.05) is 0 Å². The Hall–Kier alpha value is -1.81. The normalized spacial score (nSPS) is 12.7. The van der Waals surface area contributed by atoms with E-state index in [1.165, 1.54) is 24.4 Å². The molecule has 1 aromatic carbocycles. The Kier molecular flexibility index (Phi) is 4.22. The minimum atomic E-state index is -0.369. The van der Waals surface area contributed by atoms with Gasteiger partial charge in [-0.1, -0.05) is 12.1 Å². The average molecular weight is 262 g/mol. The van der Waals surface area contributed by atoms with Gasteiger partial charge in [0.25, 0.3) is 0 Å². The molecule has 0 bridgehead atoms. The van der Waals surface area contributed by atoms with Gasteiger partial charge in [-0.25, -0.2) is 8.78 Å². The molecule has 19 heavy (non-hydrogen) atoms. The van der Waals surface area contributed by atoms with E-state index in [2.05, 4.69) is 10.3 Å². The van der Waals surface area contributed by atoms with Gasteiger partial charge in [0.15, 0.2) is 0 Å². The molecule has 1 atom stereocenters. The molecule has 0 amide bonds. The molecule has 2 nitrogen and oxygen atoms in total. The van der Waals surface area contributed by atoms with E-state index in [1.54, 1.807) is 18.2 Å². The first kappa shape index (κ1) is 13.6. The molecule has 4 heteroatoms. The molecule has 2 aromatic rings. The van der Waals surface area contributed by atoms with Crippen LogP contribution in [0.4, 0.5) is 8.78 Å². The van der Waals surface area contributed by atoms with Crippen LogP contribution in [0.15, 0.2) is 42.6 Å². The summed E-state index contributed by atoms with van der Waals surface area (Å²) in [4.78, 5) is 4.10. The smallest absolute Gasteiger partial charge is 0.141 e. The number of hydrogen-bond donors (Lipinski definition) is 1. The van der Waals surface area contributed by atoms with Crippen LogP contribution in [0.25, 0.3) is 0 Å². The first-order chi connectivity index (χ1) is 9.06. The summed E-state index contributed by atoms with van der Waals surface area (Å²) < 4.78 is 25.9. The molecule has 1 heterocycles. The number of aromatic nitrogens is 1. The maximum Gasteiger partial charge on any atom is 0.141 e. The number of pyridine rings is 1. The van der Waals surface area contributed by atoms with Crippen LogP contribution in [0.5, 0.6) is 0 Å². The Morgan fingerprint density at radius 3 is 2.11 bits per heavy atom. The fraction of sp³-hybridized carbons (Fsp3) is 0.267. The maximum absolute atomic E-state index is 13.0. The number of rotatable bonds is 4. The number of nitrogens with one attached hydrogen (secondary N) is 1.